The highest BCUT2D eigenvalue weighted by Gasteiger charge is 2.19. The highest BCUT2D eigenvalue weighted by atomic mass is 32.2. The van der Waals surface area contributed by atoms with Crippen molar-refractivity contribution in [1.82, 2.24) is 0 Å². The van der Waals surface area contributed by atoms with Crippen LogP contribution in [0.15, 0.2) is 63.7 Å². The number of hydrogen-bond acceptors (Lipinski definition) is 6. The van der Waals surface area contributed by atoms with Gasteiger partial charge in [-0.3, -0.25) is 9.35 Å². The summed E-state index contributed by atoms with van der Waals surface area (Å²) in [5.74, 6) is -1.23. The van der Waals surface area contributed by atoms with Gasteiger partial charge in [-0.25, -0.2) is 0 Å². The van der Waals surface area contributed by atoms with E-state index in [1.54, 1.807) is 19.1 Å². The highest BCUT2D eigenvalue weighted by molar-refractivity contribution is 7.86. The molecule has 0 saturated carbocycles. The maximum absolute atomic E-state index is 12.2. The van der Waals surface area contributed by atoms with Gasteiger partial charge in [0.1, 0.15) is 22.1 Å². The van der Waals surface area contributed by atoms with Gasteiger partial charge in [-0.15, -0.1) is 10.2 Å². The third-order valence-electron chi connectivity index (χ3n) is 3.92. The number of amides is 1. The average molecular weight is 386 g/mol. The number of rotatable bonds is 3. The minimum Gasteiger partial charge on any atom is -0.508 e. The Bertz CT molecular complexity index is 1200. The number of carbonyl (C=O) groups is 1. The van der Waals surface area contributed by atoms with E-state index in [4.69, 9.17) is 0 Å². The molecule has 0 spiro atoms. The summed E-state index contributed by atoms with van der Waals surface area (Å²) in [6.07, 6.45) is 0. The zero-order chi connectivity index (χ0) is 19.8. The van der Waals surface area contributed by atoms with Crippen LogP contribution in [0.25, 0.3) is 10.8 Å². The van der Waals surface area contributed by atoms with Crippen molar-refractivity contribution in [1.29, 1.82) is 0 Å². The molecule has 0 heterocycles. The van der Waals surface area contributed by atoms with E-state index in [0.717, 1.165) is 6.07 Å². The Hall–Kier alpha value is -3.30. The van der Waals surface area contributed by atoms with Crippen molar-refractivity contribution in [2.45, 2.75) is 11.8 Å². The summed E-state index contributed by atoms with van der Waals surface area (Å²) in [5, 5.41) is 27.3. The quantitative estimate of drug-likeness (QED) is 0.463. The zero-order valence-electron chi connectivity index (χ0n) is 14.0. The van der Waals surface area contributed by atoms with Gasteiger partial charge in [0, 0.05) is 22.4 Å². The average Bonchev–Trinajstić information content (AvgIpc) is 2.61. The minimum atomic E-state index is -4.57. The molecule has 0 atom stereocenters. The van der Waals surface area contributed by atoms with Gasteiger partial charge in [-0.2, -0.15) is 8.42 Å². The first-order valence-electron chi connectivity index (χ1n) is 7.66. The van der Waals surface area contributed by atoms with E-state index >= 15 is 0 Å². The molecule has 0 saturated heterocycles. The normalized spacial score (nSPS) is 11.9. The summed E-state index contributed by atoms with van der Waals surface area (Å²) < 4.78 is 32.4. The minimum absolute atomic E-state index is 0.0351. The summed E-state index contributed by atoms with van der Waals surface area (Å²) in [4.78, 5) is 11.7. The van der Waals surface area contributed by atoms with Gasteiger partial charge in [-0.1, -0.05) is 24.3 Å². The number of azo groups is 1. The van der Waals surface area contributed by atoms with E-state index in [2.05, 4.69) is 10.2 Å². The number of aromatic hydroxyl groups is 2. The fourth-order valence-corrected chi connectivity index (χ4v) is 3.29. The lowest BCUT2D eigenvalue weighted by molar-refractivity contribution is 0.0995. The predicted octanol–water partition coefficient (Wildman–Crippen LogP) is 3.73. The molecular formula is C18H14N2O6S. The van der Waals surface area contributed by atoms with Crippen molar-refractivity contribution in [2.24, 2.45) is 10.2 Å². The molecule has 3 N–H and O–H groups in total. The molecule has 0 bridgehead atoms. The first-order chi connectivity index (χ1) is 12.7. The largest absolute Gasteiger partial charge is 0.508 e. The Morgan fingerprint density at radius 2 is 1.63 bits per heavy atom. The molecule has 0 aliphatic rings. The van der Waals surface area contributed by atoms with Gasteiger partial charge in [-0.05, 0) is 30.7 Å². The molecule has 0 radical (unpaired) electrons. The molecule has 9 heteroatoms. The molecule has 3 aromatic rings. The van der Waals surface area contributed by atoms with Gasteiger partial charge in [0.2, 0.25) is 0 Å². The first-order valence-corrected chi connectivity index (χ1v) is 9.10. The third kappa shape index (κ3) is 3.64. The summed E-state index contributed by atoms with van der Waals surface area (Å²) in [6, 6.07) is 11.1. The van der Waals surface area contributed by atoms with E-state index in [1.165, 1.54) is 30.3 Å². The second-order valence-electron chi connectivity index (χ2n) is 5.77. The fraction of sp³-hybridized carbons (Fsp3) is 0.0556. The number of benzene rings is 3. The van der Waals surface area contributed by atoms with Gasteiger partial charge in [0.25, 0.3) is 16.0 Å². The van der Waals surface area contributed by atoms with Crippen LogP contribution in [-0.2, 0) is 10.1 Å². The second kappa shape index (κ2) is 6.78. The maximum Gasteiger partial charge on any atom is 0.295 e. The van der Waals surface area contributed by atoms with E-state index in [9.17, 15) is 28.0 Å². The molecule has 138 valence electrons. The Labute approximate surface area is 154 Å². The molecule has 8 nitrogen and oxygen atoms in total. The van der Waals surface area contributed by atoms with Crippen LogP contribution >= 0.6 is 0 Å². The number of aryl methyl sites for hydroxylation is 1. The van der Waals surface area contributed by atoms with Crippen LogP contribution in [-0.4, -0.2) is 29.1 Å². The van der Waals surface area contributed by atoms with E-state index in [1.807, 2.05) is 0 Å². The molecular weight excluding hydrogens is 372 g/mol. The molecule has 0 unspecified atom stereocenters. The lowest BCUT2D eigenvalue weighted by Crippen LogP contribution is -1.99. The Kier molecular flexibility index (Phi) is 4.64. The van der Waals surface area contributed by atoms with Gasteiger partial charge in [0.05, 0.1) is 0 Å². The maximum atomic E-state index is 12.2. The number of carbonyl (C=O) groups excluding carboxylic acids is 1. The standard InChI is InChI=1S/C18H14N2O6S/c1-10-8-11(6-7-14(10)21)18(23)20-19-17-13-5-3-2-4-12(13)16(9-15(17)22)27(24,25)26/h2-9,21-22H,1H3,(H,24,25,26). The van der Waals surface area contributed by atoms with Crippen molar-refractivity contribution in [2.75, 3.05) is 0 Å². The summed E-state index contributed by atoms with van der Waals surface area (Å²) in [5.41, 5.74) is 0.566. The topological polar surface area (TPSA) is 137 Å². The van der Waals surface area contributed by atoms with Gasteiger partial charge in [0.15, 0.2) is 0 Å². The van der Waals surface area contributed by atoms with Crippen molar-refractivity contribution in [3.05, 3.63) is 59.7 Å². The smallest absolute Gasteiger partial charge is 0.295 e. The van der Waals surface area contributed by atoms with Crippen molar-refractivity contribution < 1.29 is 28.0 Å². The summed E-state index contributed by atoms with van der Waals surface area (Å²) >= 11 is 0. The predicted molar refractivity (Wildman–Crippen MR) is 97.1 cm³/mol. The van der Waals surface area contributed by atoms with Crippen molar-refractivity contribution in [3.8, 4) is 11.5 Å². The van der Waals surface area contributed by atoms with Crippen LogP contribution < -0.4 is 0 Å². The van der Waals surface area contributed by atoms with Gasteiger partial charge < -0.3 is 10.2 Å². The number of nitrogens with zero attached hydrogens (tertiary/aromatic N) is 2. The van der Waals surface area contributed by atoms with Crippen molar-refractivity contribution >= 4 is 32.5 Å². The monoisotopic (exact) mass is 386 g/mol. The number of hydrogen-bond donors (Lipinski definition) is 3. The Morgan fingerprint density at radius 1 is 0.963 bits per heavy atom. The fourth-order valence-electron chi connectivity index (χ4n) is 2.57. The molecule has 0 aromatic heterocycles. The number of phenols is 2. The molecule has 0 aliphatic heterocycles. The first kappa shape index (κ1) is 18.5. The van der Waals surface area contributed by atoms with E-state index in [0.29, 0.717) is 5.56 Å². The number of phenolic OH excluding ortho intramolecular Hbond substituents is 2. The molecule has 3 rings (SSSR count). The Morgan fingerprint density at radius 3 is 2.26 bits per heavy atom. The van der Waals surface area contributed by atoms with Crippen molar-refractivity contribution in [3.63, 3.8) is 0 Å². The third-order valence-corrected chi connectivity index (χ3v) is 4.81. The van der Waals surface area contributed by atoms with Crippen LogP contribution in [0.2, 0.25) is 0 Å². The van der Waals surface area contributed by atoms with Crippen LogP contribution in [0.1, 0.15) is 15.9 Å². The van der Waals surface area contributed by atoms with E-state index < -0.39 is 26.7 Å². The molecule has 0 aliphatic carbocycles. The lowest BCUT2D eigenvalue weighted by Gasteiger charge is -2.08. The molecule has 3 aromatic carbocycles. The Balaban J connectivity index is 2.10. The molecule has 1 amide bonds. The van der Waals surface area contributed by atoms with Gasteiger partial charge >= 0.3 is 0 Å². The zero-order valence-corrected chi connectivity index (χ0v) is 14.8. The van der Waals surface area contributed by atoms with Crippen LogP contribution in [0.4, 0.5) is 5.69 Å². The summed E-state index contributed by atoms with van der Waals surface area (Å²) in [7, 11) is -4.57. The van der Waals surface area contributed by atoms with Crippen LogP contribution in [0.5, 0.6) is 11.5 Å². The van der Waals surface area contributed by atoms with E-state index in [-0.39, 0.29) is 27.8 Å². The lowest BCUT2D eigenvalue weighted by atomic mass is 10.1. The summed E-state index contributed by atoms with van der Waals surface area (Å²) in [6.45, 7) is 1.62. The van der Waals surface area contributed by atoms with Crippen LogP contribution in [0.3, 0.4) is 0 Å². The van der Waals surface area contributed by atoms with Crippen LogP contribution in [0, 0.1) is 6.92 Å². The molecule has 0 fully saturated rings. The SMILES string of the molecule is Cc1cc(C(=O)N=Nc2c(O)cc(S(=O)(=O)O)c3ccccc23)ccc1O. The highest BCUT2D eigenvalue weighted by Crippen LogP contribution is 2.39. The molecule has 27 heavy (non-hydrogen) atoms. The number of fused-ring (bicyclic) bond motifs is 1. The second-order valence-corrected chi connectivity index (χ2v) is 7.16.